The molecule has 0 spiro atoms. The fraction of sp³-hybridized carbons (Fsp3) is 0. The molecule has 0 amide bonds. The van der Waals surface area contributed by atoms with Gasteiger partial charge in [0.05, 0.1) is 36.7 Å². The van der Waals surface area contributed by atoms with Gasteiger partial charge in [-0.1, -0.05) is 28.5 Å². The van der Waals surface area contributed by atoms with Crippen LogP contribution in [0.4, 0.5) is 17.1 Å². The van der Waals surface area contributed by atoms with Gasteiger partial charge in [-0.3, -0.25) is 10.1 Å². The van der Waals surface area contributed by atoms with Crippen molar-refractivity contribution in [1.82, 2.24) is 15.0 Å². The van der Waals surface area contributed by atoms with Gasteiger partial charge in [0.2, 0.25) is 10.5 Å². The Labute approximate surface area is 418 Å². The predicted octanol–water partition coefficient (Wildman–Crippen LogP) is -7.74. The summed E-state index contributed by atoms with van der Waals surface area (Å²) >= 11 is 0. The van der Waals surface area contributed by atoms with Crippen molar-refractivity contribution >= 4 is 91.9 Å². The summed E-state index contributed by atoms with van der Waals surface area (Å²) in [6, 6.07) is 15.7. The number of non-ortho nitro benzene ring substituents is 1. The molecule has 0 saturated heterocycles. The van der Waals surface area contributed by atoms with Crippen molar-refractivity contribution in [3.05, 3.63) is 106 Å². The second-order valence-electron chi connectivity index (χ2n) is 11.0. The number of azo groups is 1. The molecule has 0 saturated carbocycles. The Morgan fingerprint density at radius 3 is 1.71 bits per heavy atom. The van der Waals surface area contributed by atoms with E-state index in [0.29, 0.717) is 17.8 Å². The molecule has 1 unspecified atom stereocenters. The summed E-state index contributed by atoms with van der Waals surface area (Å²) in [6.07, 6.45) is 2.01. The Bertz CT molecular complexity index is 3020. The molecule has 1 atom stereocenters. The first-order valence-corrected chi connectivity index (χ1v) is 20.1. The molecule has 0 fully saturated rings. The normalized spacial score (nSPS) is 13.0. The van der Waals surface area contributed by atoms with Gasteiger partial charge in [0.25, 0.3) is 5.69 Å². The third kappa shape index (κ3) is 12.0. The Morgan fingerprint density at radius 1 is 0.655 bits per heavy atom. The van der Waals surface area contributed by atoms with Crippen LogP contribution in [0.5, 0.6) is 0 Å². The quantitative estimate of drug-likeness (QED) is 0.0254. The molecule has 0 aliphatic carbocycles. The molecular formula is C30H17N6Na4O14S4+. The number of aromatic nitrogens is 3. The predicted molar refractivity (Wildman–Crippen MR) is 183 cm³/mol. The third-order valence-corrected chi connectivity index (χ3v) is 11.0. The second kappa shape index (κ2) is 20.0. The van der Waals surface area contributed by atoms with Crippen LogP contribution in [0.25, 0.3) is 39.6 Å². The molecule has 278 valence electrons. The Balaban J connectivity index is 0.00000290. The van der Waals surface area contributed by atoms with E-state index in [-0.39, 0.29) is 163 Å². The molecule has 1 heterocycles. The van der Waals surface area contributed by atoms with Gasteiger partial charge in [-0.25, -0.2) is 25.3 Å². The van der Waals surface area contributed by atoms with Crippen molar-refractivity contribution in [3.63, 3.8) is 0 Å². The van der Waals surface area contributed by atoms with Gasteiger partial charge < -0.3 is 18.2 Å². The van der Waals surface area contributed by atoms with Crippen LogP contribution in [0.2, 0.25) is 0 Å². The van der Waals surface area contributed by atoms with Gasteiger partial charge in [-0.05, 0) is 59.7 Å². The average Bonchev–Trinajstić information content (AvgIpc) is 3.53. The molecule has 6 aromatic rings. The minimum Gasteiger partial charge on any atom is -0.744 e. The minimum atomic E-state index is -5.19. The van der Waals surface area contributed by atoms with Gasteiger partial charge in [0, 0.05) is 35.0 Å². The molecule has 0 aliphatic heterocycles. The van der Waals surface area contributed by atoms with Crippen LogP contribution < -0.4 is 118 Å². The van der Waals surface area contributed by atoms with Crippen molar-refractivity contribution < 1.29 is 175 Å². The first kappa shape index (κ1) is 52.4. The van der Waals surface area contributed by atoms with Crippen LogP contribution >= 0.6 is 0 Å². The van der Waals surface area contributed by atoms with E-state index in [1.54, 1.807) is 0 Å². The smallest absolute Gasteiger partial charge is 0.744 e. The first-order valence-electron chi connectivity index (χ1n) is 14.4. The molecule has 5 aromatic carbocycles. The summed E-state index contributed by atoms with van der Waals surface area (Å²) in [4.78, 5) is 7.77. The van der Waals surface area contributed by atoms with Crippen LogP contribution in [0.1, 0.15) is 11.1 Å². The van der Waals surface area contributed by atoms with Crippen molar-refractivity contribution in [3.8, 4) is 5.69 Å². The zero-order valence-electron chi connectivity index (χ0n) is 30.3. The SMILES string of the molecule is O=[N+]([O-])c1ccc(/C=C/c2ccc(N=Nc3ccc(-n4nc5ccc6c(S(=O)(=O)[O-])cc([S+](=O)([O-])O)cc6c5n4)cc3)cc2S(=O)(=O)[O-])c(S(=O)(=O)[O-])c1.[Na+].[Na+].[Na+].[Na+]. The monoisotopic (exact) mass is 905 g/mol. The molecule has 0 bridgehead atoms. The van der Waals surface area contributed by atoms with Crippen molar-refractivity contribution in [2.24, 2.45) is 10.2 Å². The summed E-state index contributed by atoms with van der Waals surface area (Å²) < 4.78 is 140. The van der Waals surface area contributed by atoms with E-state index in [4.69, 9.17) is 0 Å². The Hall–Kier alpha value is -1.70. The summed E-state index contributed by atoms with van der Waals surface area (Å²) in [5.74, 6) is 0. The molecule has 1 aromatic heterocycles. The van der Waals surface area contributed by atoms with E-state index >= 15 is 0 Å². The van der Waals surface area contributed by atoms with E-state index in [2.05, 4.69) is 20.4 Å². The summed E-state index contributed by atoms with van der Waals surface area (Å²) in [5.41, 5.74) is -0.615. The van der Waals surface area contributed by atoms with Gasteiger partial charge in [-0.2, -0.15) is 19.6 Å². The summed E-state index contributed by atoms with van der Waals surface area (Å²) in [6.45, 7) is 0. The van der Waals surface area contributed by atoms with E-state index in [9.17, 15) is 62.3 Å². The van der Waals surface area contributed by atoms with Gasteiger partial charge >= 0.3 is 118 Å². The second-order valence-corrected chi connectivity index (χ2v) is 16.5. The molecule has 58 heavy (non-hydrogen) atoms. The van der Waals surface area contributed by atoms with Crippen molar-refractivity contribution in [2.75, 3.05) is 0 Å². The molecule has 28 heteroatoms. The van der Waals surface area contributed by atoms with Crippen LogP contribution in [-0.4, -0.2) is 67.9 Å². The maximum Gasteiger partial charge on any atom is 1.00 e. The number of nitrogens with zero attached hydrogens (tertiary/aromatic N) is 6. The van der Waals surface area contributed by atoms with E-state index in [0.717, 1.165) is 47.3 Å². The largest absolute Gasteiger partial charge is 1.00 e. The van der Waals surface area contributed by atoms with Gasteiger partial charge in [0.15, 0.2) is 4.90 Å². The fourth-order valence-corrected chi connectivity index (χ4v) is 7.81. The maximum absolute atomic E-state index is 12.1. The number of benzene rings is 5. The van der Waals surface area contributed by atoms with E-state index in [1.165, 1.54) is 42.5 Å². The summed E-state index contributed by atoms with van der Waals surface area (Å²) in [5, 5.41) is 27.3. The zero-order valence-corrected chi connectivity index (χ0v) is 41.6. The molecule has 20 nitrogen and oxygen atoms in total. The molecule has 0 aliphatic rings. The third-order valence-electron chi connectivity index (χ3n) is 7.53. The number of hydrogen-bond acceptors (Lipinski definition) is 17. The van der Waals surface area contributed by atoms with Crippen LogP contribution in [-0.2, 0) is 45.1 Å². The van der Waals surface area contributed by atoms with Gasteiger partial charge in [0.1, 0.15) is 41.4 Å². The standard InChI is InChI=1S/C30H20N6O14S4.4Na/c37-36(38)22-8-4-18(28(14-22)53(45,46)47)2-1-17-3-5-20(13-27(17)52(42,43)44)32-31-19-6-9-21(10-7-19)35-33-26-12-11-24-25(30(26)34-35)15-23(51(39,40)41)16-29(24)54(48,49)50;;;;/h1-16H,(H4-,39,40,41,42,43,44,45,46,47,48,49,50);;;;/q;4*+1/p-3/b2-1+,32-31?;;;;. The summed E-state index contributed by atoms with van der Waals surface area (Å²) in [7, 11) is -20.5. The van der Waals surface area contributed by atoms with Crippen molar-refractivity contribution in [2.45, 2.75) is 19.6 Å². The number of rotatable bonds is 10. The minimum absolute atomic E-state index is 0. The number of nitro groups is 1. The van der Waals surface area contributed by atoms with E-state index < -0.39 is 71.0 Å². The topological polar surface area (TPSA) is 331 Å². The Morgan fingerprint density at radius 2 is 1.17 bits per heavy atom. The molecular weight excluding hydrogens is 889 g/mol. The molecule has 6 rings (SSSR count). The first-order chi connectivity index (χ1) is 25.1. The van der Waals surface area contributed by atoms with E-state index in [1.807, 2.05) is 0 Å². The van der Waals surface area contributed by atoms with Crippen molar-refractivity contribution in [1.29, 1.82) is 0 Å². The van der Waals surface area contributed by atoms with Crippen LogP contribution in [0, 0.1) is 10.1 Å². The van der Waals surface area contributed by atoms with Crippen LogP contribution in [0.15, 0.2) is 115 Å². The maximum atomic E-state index is 12.1. The zero-order chi connectivity index (χ0) is 39.4. The van der Waals surface area contributed by atoms with Crippen LogP contribution in [0.3, 0.4) is 0 Å². The Kier molecular flexibility index (Phi) is 18.1. The fourth-order valence-electron chi connectivity index (χ4n) is 5.10. The number of hydrogen-bond donors (Lipinski definition) is 1. The number of fused-ring (bicyclic) bond motifs is 3. The average molecular weight is 906 g/mol. The number of nitro benzene ring substituents is 1. The molecule has 0 radical (unpaired) electrons. The molecule has 1 N–H and O–H groups in total. The van der Waals surface area contributed by atoms with Gasteiger partial charge in [-0.15, -0.1) is 10.2 Å².